The molecule has 1 aromatic heterocycles. The molecule has 0 aliphatic carbocycles. The summed E-state index contributed by atoms with van der Waals surface area (Å²) in [6.45, 7) is 4.79. The van der Waals surface area contributed by atoms with E-state index in [2.05, 4.69) is 37.9 Å². The van der Waals surface area contributed by atoms with Gasteiger partial charge in [-0.3, -0.25) is 14.2 Å². The van der Waals surface area contributed by atoms with Crippen molar-refractivity contribution >= 4 is 35.0 Å². The van der Waals surface area contributed by atoms with Crippen molar-refractivity contribution in [3.8, 4) is 5.69 Å². The van der Waals surface area contributed by atoms with Crippen LogP contribution in [0.3, 0.4) is 0 Å². The number of benzene rings is 2. The van der Waals surface area contributed by atoms with Crippen molar-refractivity contribution in [2.24, 2.45) is 0 Å². The maximum absolute atomic E-state index is 12.3. The molecule has 0 unspecified atom stereocenters. The van der Waals surface area contributed by atoms with E-state index in [-0.39, 0.29) is 17.6 Å². The van der Waals surface area contributed by atoms with Crippen molar-refractivity contribution in [2.45, 2.75) is 25.4 Å². The number of thioether (sulfide) groups is 1. The molecule has 0 spiro atoms. The molecule has 2 aromatic carbocycles. The Balaban J connectivity index is 1.50. The van der Waals surface area contributed by atoms with Crippen LogP contribution in [-0.4, -0.2) is 52.5 Å². The molecule has 0 fully saturated rings. The lowest BCUT2D eigenvalue weighted by atomic mass is 10.2. The number of aryl methyl sites for hydroxylation is 1. The highest BCUT2D eigenvalue weighted by Gasteiger charge is 2.14. The summed E-state index contributed by atoms with van der Waals surface area (Å²) in [5.74, 6) is 0.773. The number of hydrogen-bond acceptors (Lipinski definition) is 6. The van der Waals surface area contributed by atoms with Gasteiger partial charge in [-0.05, 0) is 43.7 Å². The maximum atomic E-state index is 12.3. The van der Waals surface area contributed by atoms with Crippen LogP contribution in [0.2, 0.25) is 0 Å². The molecule has 1 heterocycles. The normalized spacial score (nSPS) is 10.6. The minimum Gasteiger partial charge on any atom is -0.375 e. The second-order valence-electron chi connectivity index (χ2n) is 7.35. The Labute approximate surface area is 192 Å². The molecule has 8 nitrogen and oxygen atoms in total. The lowest BCUT2D eigenvalue weighted by molar-refractivity contribution is -0.118. The van der Waals surface area contributed by atoms with Crippen LogP contribution in [0.5, 0.6) is 0 Å². The zero-order valence-corrected chi connectivity index (χ0v) is 19.4. The van der Waals surface area contributed by atoms with E-state index in [9.17, 15) is 9.59 Å². The number of hydrogen-bond donors (Lipinski definition) is 2. The summed E-state index contributed by atoms with van der Waals surface area (Å²) < 4.78 is 1.87. The van der Waals surface area contributed by atoms with Crippen LogP contribution in [0.15, 0.2) is 59.8 Å². The van der Waals surface area contributed by atoms with E-state index in [1.807, 2.05) is 61.0 Å². The van der Waals surface area contributed by atoms with E-state index < -0.39 is 0 Å². The second kappa shape index (κ2) is 11.3. The quantitative estimate of drug-likeness (QED) is 0.362. The van der Waals surface area contributed by atoms with E-state index in [4.69, 9.17) is 0 Å². The molecule has 0 saturated carbocycles. The van der Waals surface area contributed by atoms with Crippen LogP contribution < -0.4 is 15.5 Å². The second-order valence-corrected chi connectivity index (χ2v) is 8.29. The third-order valence-electron chi connectivity index (χ3n) is 4.74. The smallest absolute Gasteiger partial charge is 0.230 e. The predicted octanol–water partition coefficient (Wildman–Crippen LogP) is 3.27. The van der Waals surface area contributed by atoms with Crippen molar-refractivity contribution in [2.75, 3.05) is 36.1 Å². The molecule has 3 rings (SSSR count). The molecule has 0 aliphatic rings. The molecule has 3 aromatic rings. The average Bonchev–Trinajstić information content (AvgIpc) is 3.15. The van der Waals surface area contributed by atoms with Gasteiger partial charge in [-0.1, -0.05) is 36.0 Å². The molecule has 0 saturated heterocycles. The number of anilines is 2. The number of rotatable bonds is 10. The molecule has 0 bridgehead atoms. The first-order valence-electron chi connectivity index (χ1n) is 10.4. The van der Waals surface area contributed by atoms with Crippen molar-refractivity contribution in [3.63, 3.8) is 0 Å². The van der Waals surface area contributed by atoms with Gasteiger partial charge in [0.25, 0.3) is 0 Å². The lowest BCUT2D eigenvalue weighted by Crippen LogP contribution is -2.29. The standard InChI is InChI=1S/C23H28N6O2S/c1-17-26-27-23(29(17)21-12-7-9-19(15-21)25-18(2)30)32-16-22(31)24-13-8-14-28(3)20-10-5-4-6-11-20/h4-7,9-12,15H,8,13-14,16H2,1-3H3,(H,24,31)(H,25,30). The third kappa shape index (κ3) is 6.58. The van der Waals surface area contributed by atoms with E-state index >= 15 is 0 Å². The van der Waals surface area contributed by atoms with E-state index in [0.717, 1.165) is 24.3 Å². The Kier molecular flexibility index (Phi) is 8.27. The first-order chi connectivity index (χ1) is 15.4. The summed E-state index contributed by atoms with van der Waals surface area (Å²) in [7, 11) is 2.04. The molecule has 0 aliphatic heterocycles. The van der Waals surface area contributed by atoms with Crippen LogP contribution in [0, 0.1) is 6.92 Å². The van der Waals surface area contributed by atoms with Crippen molar-refractivity contribution in [1.82, 2.24) is 20.1 Å². The Morgan fingerprint density at radius 1 is 1.09 bits per heavy atom. The highest BCUT2D eigenvalue weighted by atomic mass is 32.2. The van der Waals surface area contributed by atoms with Crippen molar-refractivity contribution in [1.29, 1.82) is 0 Å². The van der Waals surface area contributed by atoms with E-state index in [0.29, 0.717) is 23.2 Å². The van der Waals surface area contributed by atoms with Crippen LogP contribution in [-0.2, 0) is 9.59 Å². The average molecular weight is 453 g/mol. The Morgan fingerprint density at radius 3 is 2.62 bits per heavy atom. The van der Waals surface area contributed by atoms with Crippen molar-refractivity contribution in [3.05, 3.63) is 60.4 Å². The first-order valence-corrected chi connectivity index (χ1v) is 11.4. The molecule has 168 valence electrons. The van der Waals surface area contributed by atoms with Crippen LogP contribution in [0.25, 0.3) is 5.69 Å². The van der Waals surface area contributed by atoms with Gasteiger partial charge >= 0.3 is 0 Å². The fraction of sp³-hybridized carbons (Fsp3) is 0.304. The minimum absolute atomic E-state index is 0.0448. The molecule has 0 radical (unpaired) electrons. The van der Waals surface area contributed by atoms with Gasteiger partial charge in [-0.2, -0.15) is 0 Å². The summed E-state index contributed by atoms with van der Waals surface area (Å²) >= 11 is 1.33. The Bertz CT molecular complexity index is 1050. The number of carbonyl (C=O) groups excluding carboxylic acids is 2. The van der Waals surface area contributed by atoms with Crippen LogP contribution >= 0.6 is 11.8 Å². The van der Waals surface area contributed by atoms with Gasteiger partial charge in [0.1, 0.15) is 5.82 Å². The zero-order chi connectivity index (χ0) is 22.9. The number of nitrogens with zero attached hydrogens (tertiary/aromatic N) is 4. The highest BCUT2D eigenvalue weighted by Crippen LogP contribution is 2.23. The number of aromatic nitrogens is 3. The molecular weight excluding hydrogens is 424 g/mol. The fourth-order valence-corrected chi connectivity index (χ4v) is 4.02. The Morgan fingerprint density at radius 2 is 1.88 bits per heavy atom. The number of nitrogens with one attached hydrogen (secondary N) is 2. The molecule has 9 heteroatoms. The Hall–Kier alpha value is -3.33. The SMILES string of the molecule is CC(=O)Nc1cccc(-n2c(C)nnc2SCC(=O)NCCCN(C)c2ccccc2)c1. The van der Waals surface area contributed by atoms with Crippen molar-refractivity contribution < 1.29 is 9.59 Å². The number of amides is 2. The summed E-state index contributed by atoms with van der Waals surface area (Å²) in [6.07, 6.45) is 0.854. The monoisotopic (exact) mass is 452 g/mol. The van der Waals surface area contributed by atoms with Gasteiger partial charge in [0.05, 0.1) is 11.4 Å². The highest BCUT2D eigenvalue weighted by molar-refractivity contribution is 7.99. The number of carbonyl (C=O) groups is 2. The molecule has 2 amide bonds. The maximum Gasteiger partial charge on any atom is 0.230 e. The van der Waals surface area contributed by atoms with Gasteiger partial charge in [0.2, 0.25) is 11.8 Å². The van der Waals surface area contributed by atoms with Gasteiger partial charge in [-0.25, -0.2) is 0 Å². The third-order valence-corrected chi connectivity index (χ3v) is 5.67. The van der Waals surface area contributed by atoms with Gasteiger partial charge in [0, 0.05) is 38.4 Å². The van der Waals surface area contributed by atoms with Gasteiger partial charge in [0.15, 0.2) is 5.16 Å². The summed E-state index contributed by atoms with van der Waals surface area (Å²) in [6, 6.07) is 17.6. The topological polar surface area (TPSA) is 92.1 Å². The number of para-hydroxylation sites is 1. The first kappa shape index (κ1) is 23.3. The molecule has 0 atom stereocenters. The van der Waals surface area contributed by atoms with Gasteiger partial charge < -0.3 is 15.5 Å². The summed E-state index contributed by atoms with van der Waals surface area (Å²) in [4.78, 5) is 25.8. The van der Waals surface area contributed by atoms with Crippen LogP contribution in [0.4, 0.5) is 11.4 Å². The predicted molar refractivity (Wildman–Crippen MR) is 128 cm³/mol. The molecular formula is C23H28N6O2S. The molecule has 32 heavy (non-hydrogen) atoms. The zero-order valence-electron chi connectivity index (χ0n) is 18.5. The largest absolute Gasteiger partial charge is 0.375 e. The lowest BCUT2D eigenvalue weighted by Gasteiger charge is -2.19. The summed E-state index contributed by atoms with van der Waals surface area (Å²) in [5.41, 5.74) is 2.68. The van der Waals surface area contributed by atoms with E-state index in [1.165, 1.54) is 18.7 Å². The van der Waals surface area contributed by atoms with Gasteiger partial charge in [-0.15, -0.1) is 10.2 Å². The van der Waals surface area contributed by atoms with E-state index in [1.54, 1.807) is 0 Å². The van der Waals surface area contributed by atoms with Crippen LogP contribution in [0.1, 0.15) is 19.2 Å². The fourth-order valence-electron chi connectivity index (χ4n) is 3.20. The molecule has 2 N–H and O–H groups in total. The minimum atomic E-state index is -0.135. The summed E-state index contributed by atoms with van der Waals surface area (Å²) in [5, 5.41) is 14.7.